The van der Waals surface area contributed by atoms with Crippen molar-refractivity contribution in [2.24, 2.45) is 0 Å². The van der Waals surface area contributed by atoms with E-state index in [-0.39, 0.29) is 0 Å². The van der Waals surface area contributed by atoms with Gasteiger partial charge in [0, 0.05) is 18.1 Å². The molecule has 2 aromatic heterocycles. The molecule has 62 valence electrons. The minimum atomic E-state index is 0.600. The lowest BCUT2D eigenvalue weighted by atomic mass is 10.3. The van der Waals surface area contributed by atoms with Gasteiger partial charge in [-0.1, -0.05) is 0 Å². The van der Waals surface area contributed by atoms with Gasteiger partial charge in [0.25, 0.3) is 0 Å². The molecule has 0 bridgehead atoms. The first kappa shape index (κ1) is 7.16. The molecule has 12 heavy (non-hydrogen) atoms. The lowest BCUT2D eigenvalue weighted by Crippen LogP contribution is -1.95. The Kier molecular flexibility index (Phi) is 1.33. The lowest BCUT2D eigenvalue weighted by molar-refractivity contribution is 1.08. The molecule has 3 heteroatoms. The Morgan fingerprint density at radius 1 is 1.42 bits per heavy atom. The van der Waals surface area contributed by atoms with Gasteiger partial charge in [0.1, 0.15) is 5.82 Å². The van der Waals surface area contributed by atoms with E-state index in [2.05, 4.69) is 22.4 Å². The SMILES string of the molecule is Cc1cc(C)n2ccnc(N)c12. The summed E-state index contributed by atoms with van der Waals surface area (Å²) >= 11 is 0. The second kappa shape index (κ2) is 2.24. The minimum absolute atomic E-state index is 0.600. The number of hydrogen-bond acceptors (Lipinski definition) is 2. The first-order valence-electron chi connectivity index (χ1n) is 3.89. The average molecular weight is 161 g/mol. The fourth-order valence-corrected chi connectivity index (χ4v) is 1.58. The van der Waals surface area contributed by atoms with Crippen LogP contribution in [0.2, 0.25) is 0 Å². The molecule has 0 aliphatic carbocycles. The number of anilines is 1. The highest BCUT2D eigenvalue weighted by molar-refractivity contribution is 5.71. The largest absolute Gasteiger partial charge is 0.382 e. The van der Waals surface area contributed by atoms with E-state index in [1.165, 1.54) is 11.3 Å². The van der Waals surface area contributed by atoms with Crippen molar-refractivity contribution in [3.63, 3.8) is 0 Å². The first-order chi connectivity index (χ1) is 5.70. The van der Waals surface area contributed by atoms with Gasteiger partial charge < -0.3 is 10.1 Å². The highest BCUT2D eigenvalue weighted by Gasteiger charge is 2.04. The smallest absolute Gasteiger partial charge is 0.148 e. The summed E-state index contributed by atoms with van der Waals surface area (Å²) in [5.74, 6) is 0.600. The van der Waals surface area contributed by atoms with Crippen LogP contribution in [0.25, 0.3) is 5.52 Å². The van der Waals surface area contributed by atoms with E-state index in [1.54, 1.807) is 6.20 Å². The van der Waals surface area contributed by atoms with Gasteiger partial charge in [-0.15, -0.1) is 0 Å². The van der Waals surface area contributed by atoms with Crippen molar-refractivity contribution >= 4 is 11.3 Å². The molecule has 0 unspecified atom stereocenters. The third-order valence-corrected chi connectivity index (χ3v) is 2.09. The maximum absolute atomic E-state index is 5.74. The van der Waals surface area contributed by atoms with Crippen LogP contribution >= 0.6 is 0 Å². The summed E-state index contributed by atoms with van der Waals surface area (Å²) < 4.78 is 2.05. The molecule has 0 aromatic carbocycles. The van der Waals surface area contributed by atoms with E-state index in [0.29, 0.717) is 5.82 Å². The monoisotopic (exact) mass is 161 g/mol. The van der Waals surface area contributed by atoms with E-state index in [1.807, 2.05) is 13.1 Å². The molecule has 2 aromatic rings. The number of nitrogen functional groups attached to an aromatic ring is 1. The Balaban J connectivity index is 2.99. The molecule has 0 aliphatic rings. The van der Waals surface area contributed by atoms with Crippen LogP contribution in [0.15, 0.2) is 18.5 Å². The first-order valence-corrected chi connectivity index (χ1v) is 3.89. The average Bonchev–Trinajstić information content (AvgIpc) is 2.29. The van der Waals surface area contributed by atoms with Crippen LogP contribution in [0.4, 0.5) is 5.82 Å². The van der Waals surface area contributed by atoms with Crippen LogP contribution in [0.3, 0.4) is 0 Å². The normalized spacial score (nSPS) is 10.8. The van der Waals surface area contributed by atoms with E-state index in [9.17, 15) is 0 Å². The van der Waals surface area contributed by atoms with Crippen molar-refractivity contribution < 1.29 is 0 Å². The summed E-state index contributed by atoms with van der Waals surface area (Å²) in [5.41, 5.74) is 9.13. The fraction of sp³-hybridized carbons (Fsp3) is 0.222. The zero-order valence-electron chi connectivity index (χ0n) is 7.20. The number of nitrogens with two attached hydrogens (primary N) is 1. The molecule has 0 fully saturated rings. The van der Waals surface area contributed by atoms with Crippen molar-refractivity contribution in [3.8, 4) is 0 Å². The third kappa shape index (κ3) is 0.794. The highest BCUT2D eigenvalue weighted by atomic mass is 15.0. The molecular formula is C9H11N3. The molecule has 0 amide bonds. The zero-order chi connectivity index (χ0) is 8.72. The molecule has 3 nitrogen and oxygen atoms in total. The molecule has 0 atom stereocenters. The number of fused-ring (bicyclic) bond motifs is 1. The van der Waals surface area contributed by atoms with Gasteiger partial charge in [0.2, 0.25) is 0 Å². The summed E-state index contributed by atoms with van der Waals surface area (Å²) in [6, 6.07) is 2.10. The van der Waals surface area contributed by atoms with Crippen LogP contribution < -0.4 is 5.73 Å². The van der Waals surface area contributed by atoms with E-state index in [4.69, 9.17) is 5.73 Å². The molecule has 0 aliphatic heterocycles. The number of hydrogen-bond donors (Lipinski definition) is 1. The predicted octanol–water partition coefficient (Wildman–Crippen LogP) is 1.53. The fourth-order valence-electron chi connectivity index (χ4n) is 1.58. The molecule has 0 saturated heterocycles. The summed E-state index contributed by atoms with van der Waals surface area (Å²) in [7, 11) is 0. The Bertz CT molecular complexity index is 429. The predicted molar refractivity (Wildman–Crippen MR) is 49.1 cm³/mol. The van der Waals surface area contributed by atoms with Crippen LogP contribution in [-0.4, -0.2) is 9.38 Å². The molecule has 0 saturated carbocycles. The standard InChI is InChI=1S/C9H11N3/c1-6-5-7(2)12-4-3-11-9(10)8(6)12/h3-5H,1-2H3,(H2,10,11). The van der Waals surface area contributed by atoms with Crippen molar-refractivity contribution in [2.75, 3.05) is 5.73 Å². The Labute approximate surface area is 70.8 Å². The molecule has 2 heterocycles. The van der Waals surface area contributed by atoms with Crippen molar-refractivity contribution in [3.05, 3.63) is 29.7 Å². The number of aryl methyl sites for hydroxylation is 2. The van der Waals surface area contributed by atoms with Gasteiger partial charge in [-0.05, 0) is 25.5 Å². The number of aromatic nitrogens is 2. The van der Waals surface area contributed by atoms with Gasteiger partial charge in [-0.3, -0.25) is 0 Å². The van der Waals surface area contributed by atoms with Gasteiger partial charge >= 0.3 is 0 Å². The van der Waals surface area contributed by atoms with Crippen LogP contribution in [0.5, 0.6) is 0 Å². The second-order valence-electron chi connectivity index (χ2n) is 3.00. The van der Waals surface area contributed by atoms with Gasteiger partial charge in [0.05, 0.1) is 5.52 Å². The quantitative estimate of drug-likeness (QED) is 0.636. The second-order valence-corrected chi connectivity index (χ2v) is 3.00. The Morgan fingerprint density at radius 2 is 2.17 bits per heavy atom. The number of nitrogens with zero attached hydrogens (tertiary/aromatic N) is 2. The molecule has 2 rings (SSSR count). The Hall–Kier alpha value is -1.51. The molecule has 0 spiro atoms. The maximum atomic E-state index is 5.74. The number of rotatable bonds is 0. The van der Waals surface area contributed by atoms with Crippen LogP contribution in [-0.2, 0) is 0 Å². The summed E-state index contributed by atoms with van der Waals surface area (Å²) in [6.07, 6.45) is 3.64. The van der Waals surface area contributed by atoms with E-state index in [0.717, 1.165) is 5.52 Å². The highest BCUT2D eigenvalue weighted by Crippen LogP contribution is 2.18. The zero-order valence-corrected chi connectivity index (χ0v) is 7.20. The molecular weight excluding hydrogens is 150 g/mol. The molecule has 2 N–H and O–H groups in total. The van der Waals surface area contributed by atoms with E-state index < -0.39 is 0 Å². The topological polar surface area (TPSA) is 43.3 Å². The van der Waals surface area contributed by atoms with Crippen molar-refractivity contribution in [1.29, 1.82) is 0 Å². The van der Waals surface area contributed by atoms with Gasteiger partial charge in [-0.25, -0.2) is 4.98 Å². The van der Waals surface area contributed by atoms with Crippen LogP contribution in [0.1, 0.15) is 11.3 Å². The third-order valence-electron chi connectivity index (χ3n) is 2.09. The van der Waals surface area contributed by atoms with Crippen molar-refractivity contribution in [2.45, 2.75) is 13.8 Å². The summed E-state index contributed by atoms with van der Waals surface area (Å²) in [6.45, 7) is 4.10. The van der Waals surface area contributed by atoms with Crippen LogP contribution in [0, 0.1) is 13.8 Å². The van der Waals surface area contributed by atoms with Gasteiger partial charge in [0.15, 0.2) is 0 Å². The summed E-state index contributed by atoms with van der Waals surface area (Å²) in [5, 5.41) is 0. The minimum Gasteiger partial charge on any atom is -0.382 e. The molecule has 0 radical (unpaired) electrons. The lowest BCUT2D eigenvalue weighted by Gasteiger charge is -1.99. The maximum Gasteiger partial charge on any atom is 0.148 e. The van der Waals surface area contributed by atoms with Gasteiger partial charge in [-0.2, -0.15) is 0 Å². The van der Waals surface area contributed by atoms with E-state index >= 15 is 0 Å². The Morgan fingerprint density at radius 3 is 2.83 bits per heavy atom. The van der Waals surface area contributed by atoms with Crippen molar-refractivity contribution in [1.82, 2.24) is 9.38 Å². The summed E-state index contributed by atoms with van der Waals surface area (Å²) in [4.78, 5) is 4.04.